The Morgan fingerprint density at radius 1 is 1.28 bits per heavy atom. The maximum Gasteiger partial charge on any atom is 0.277 e. The Kier molecular flexibility index (Phi) is 5.92. The SMILES string of the molecule is Cn1cc(CNCC2CCN(c3ncc(C(=O)NO)cn3)CC2)c2c1CCC=C2. The average Bonchev–Trinajstić information content (AvgIpc) is 3.10. The second-order valence-corrected chi connectivity index (χ2v) is 7.84. The van der Waals surface area contributed by atoms with E-state index < -0.39 is 5.91 Å². The lowest BCUT2D eigenvalue weighted by molar-refractivity contribution is 0.0705. The van der Waals surface area contributed by atoms with Crippen LogP contribution in [-0.2, 0) is 20.0 Å². The van der Waals surface area contributed by atoms with Gasteiger partial charge in [0.15, 0.2) is 0 Å². The molecule has 3 N–H and O–H groups in total. The lowest BCUT2D eigenvalue weighted by Gasteiger charge is -2.32. The molecule has 0 radical (unpaired) electrons. The number of aromatic nitrogens is 3. The molecule has 8 nitrogen and oxygen atoms in total. The van der Waals surface area contributed by atoms with Gasteiger partial charge in [0.05, 0.1) is 5.56 Å². The van der Waals surface area contributed by atoms with E-state index in [2.05, 4.69) is 50.1 Å². The smallest absolute Gasteiger partial charge is 0.277 e. The number of rotatable bonds is 6. The summed E-state index contributed by atoms with van der Waals surface area (Å²) in [7, 11) is 2.14. The number of nitrogens with zero attached hydrogens (tertiary/aromatic N) is 4. The minimum Gasteiger partial charge on any atom is -0.354 e. The van der Waals surface area contributed by atoms with Crippen molar-refractivity contribution in [3.63, 3.8) is 0 Å². The Labute approximate surface area is 170 Å². The first kappa shape index (κ1) is 19.6. The first-order valence-corrected chi connectivity index (χ1v) is 10.2. The molecule has 2 aliphatic rings. The Bertz CT molecular complexity index is 881. The number of fused-ring (bicyclic) bond motifs is 1. The number of aryl methyl sites for hydroxylation is 1. The van der Waals surface area contributed by atoms with Crippen molar-refractivity contribution >= 4 is 17.9 Å². The van der Waals surface area contributed by atoms with E-state index >= 15 is 0 Å². The van der Waals surface area contributed by atoms with Crippen LogP contribution in [0.25, 0.3) is 6.08 Å². The van der Waals surface area contributed by atoms with Crippen molar-refractivity contribution in [1.82, 2.24) is 25.3 Å². The van der Waals surface area contributed by atoms with Crippen LogP contribution in [0.5, 0.6) is 0 Å². The van der Waals surface area contributed by atoms with E-state index in [9.17, 15) is 4.79 Å². The third-order valence-electron chi connectivity index (χ3n) is 5.91. The van der Waals surface area contributed by atoms with E-state index in [4.69, 9.17) is 5.21 Å². The van der Waals surface area contributed by atoms with Crippen LogP contribution in [-0.4, -0.2) is 45.3 Å². The minimum absolute atomic E-state index is 0.244. The summed E-state index contributed by atoms with van der Waals surface area (Å²) >= 11 is 0. The van der Waals surface area contributed by atoms with E-state index in [-0.39, 0.29) is 5.56 Å². The molecular formula is C21H28N6O2. The summed E-state index contributed by atoms with van der Waals surface area (Å²) in [6, 6.07) is 0. The molecular weight excluding hydrogens is 368 g/mol. The number of carbonyl (C=O) groups excluding carboxylic acids is 1. The van der Waals surface area contributed by atoms with Crippen molar-refractivity contribution in [3.05, 3.63) is 47.1 Å². The molecule has 1 fully saturated rings. The molecule has 0 bridgehead atoms. The molecule has 1 aliphatic carbocycles. The molecule has 1 aliphatic heterocycles. The zero-order chi connectivity index (χ0) is 20.2. The second-order valence-electron chi connectivity index (χ2n) is 7.84. The average molecular weight is 396 g/mol. The Hall–Kier alpha value is -2.71. The van der Waals surface area contributed by atoms with E-state index in [0.29, 0.717) is 11.9 Å². The first-order valence-electron chi connectivity index (χ1n) is 10.2. The number of piperidine rings is 1. The molecule has 29 heavy (non-hydrogen) atoms. The standard InChI is InChI=1S/C21H28N6O2/c1-26-14-17(18-4-2-3-5-19(18)26)11-22-10-15-6-8-27(9-7-15)21-23-12-16(13-24-21)20(28)25-29/h2,4,12-15,22,29H,3,5-11H2,1H3,(H,25,28). The summed E-state index contributed by atoms with van der Waals surface area (Å²) in [5.74, 6) is 0.672. The molecule has 0 atom stereocenters. The lowest BCUT2D eigenvalue weighted by Crippen LogP contribution is -2.38. The van der Waals surface area contributed by atoms with Crippen LogP contribution in [0.3, 0.4) is 0 Å². The normalized spacial score (nSPS) is 16.7. The number of hydrogen-bond acceptors (Lipinski definition) is 6. The fourth-order valence-electron chi connectivity index (χ4n) is 4.25. The van der Waals surface area contributed by atoms with Gasteiger partial charge in [0.1, 0.15) is 0 Å². The van der Waals surface area contributed by atoms with Gasteiger partial charge in [-0.3, -0.25) is 10.0 Å². The van der Waals surface area contributed by atoms with Crippen molar-refractivity contribution in [2.24, 2.45) is 13.0 Å². The van der Waals surface area contributed by atoms with Gasteiger partial charge in [-0.25, -0.2) is 15.4 Å². The van der Waals surface area contributed by atoms with Gasteiger partial charge in [-0.1, -0.05) is 12.2 Å². The van der Waals surface area contributed by atoms with E-state index in [0.717, 1.165) is 51.9 Å². The van der Waals surface area contributed by atoms with Gasteiger partial charge in [-0.2, -0.15) is 0 Å². The van der Waals surface area contributed by atoms with Gasteiger partial charge in [0.2, 0.25) is 5.95 Å². The van der Waals surface area contributed by atoms with Crippen molar-refractivity contribution in [2.75, 3.05) is 24.5 Å². The highest BCUT2D eigenvalue weighted by Crippen LogP contribution is 2.25. The van der Waals surface area contributed by atoms with Crippen LogP contribution in [0.2, 0.25) is 0 Å². The van der Waals surface area contributed by atoms with Gasteiger partial charge in [-0.05, 0) is 49.3 Å². The number of allylic oxidation sites excluding steroid dienone is 1. The topological polar surface area (TPSA) is 95.3 Å². The molecule has 4 rings (SSSR count). The highest BCUT2D eigenvalue weighted by atomic mass is 16.5. The highest BCUT2D eigenvalue weighted by molar-refractivity contribution is 5.92. The van der Waals surface area contributed by atoms with Gasteiger partial charge in [-0.15, -0.1) is 0 Å². The second kappa shape index (κ2) is 8.75. The van der Waals surface area contributed by atoms with Crippen LogP contribution < -0.4 is 15.7 Å². The maximum absolute atomic E-state index is 11.4. The third-order valence-corrected chi connectivity index (χ3v) is 5.91. The molecule has 0 spiro atoms. The highest BCUT2D eigenvalue weighted by Gasteiger charge is 2.21. The number of amides is 1. The van der Waals surface area contributed by atoms with Crippen molar-refractivity contribution in [2.45, 2.75) is 32.2 Å². The molecule has 0 saturated carbocycles. The summed E-state index contributed by atoms with van der Waals surface area (Å²) in [4.78, 5) is 22.0. The van der Waals surface area contributed by atoms with Crippen molar-refractivity contribution in [1.29, 1.82) is 0 Å². The first-order chi connectivity index (χ1) is 14.2. The van der Waals surface area contributed by atoms with Gasteiger partial charge >= 0.3 is 0 Å². The summed E-state index contributed by atoms with van der Waals surface area (Å²) < 4.78 is 2.27. The Morgan fingerprint density at radius 2 is 2.03 bits per heavy atom. The molecule has 0 aromatic carbocycles. The predicted octanol–water partition coefficient (Wildman–Crippen LogP) is 1.90. The Balaban J connectivity index is 1.25. The van der Waals surface area contributed by atoms with Gasteiger partial charge in [0, 0.05) is 51.0 Å². The summed E-state index contributed by atoms with van der Waals surface area (Å²) in [5, 5.41) is 12.3. The largest absolute Gasteiger partial charge is 0.354 e. The van der Waals surface area contributed by atoms with Crippen LogP contribution >= 0.6 is 0 Å². The molecule has 0 unspecified atom stereocenters. The number of hydroxylamine groups is 1. The Morgan fingerprint density at radius 3 is 2.76 bits per heavy atom. The molecule has 2 aromatic rings. The monoisotopic (exact) mass is 396 g/mol. The molecule has 2 aromatic heterocycles. The quantitative estimate of drug-likeness (QED) is 0.510. The van der Waals surface area contributed by atoms with Crippen molar-refractivity contribution in [3.8, 4) is 0 Å². The lowest BCUT2D eigenvalue weighted by atomic mass is 9.96. The van der Waals surface area contributed by atoms with Gasteiger partial charge in [0.25, 0.3) is 5.91 Å². The number of nitrogens with one attached hydrogen (secondary N) is 2. The molecule has 1 amide bonds. The van der Waals surface area contributed by atoms with E-state index in [1.165, 1.54) is 29.2 Å². The third kappa shape index (κ3) is 4.33. The van der Waals surface area contributed by atoms with E-state index in [1.54, 1.807) is 5.48 Å². The molecule has 1 saturated heterocycles. The summed E-state index contributed by atoms with van der Waals surface area (Å²) in [5.41, 5.74) is 6.06. The van der Waals surface area contributed by atoms with Gasteiger partial charge < -0.3 is 14.8 Å². The maximum atomic E-state index is 11.4. The van der Waals surface area contributed by atoms with Crippen molar-refractivity contribution < 1.29 is 10.0 Å². The fourth-order valence-corrected chi connectivity index (χ4v) is 4.25. The van der Waals surface area contributed by atoms with Crippen LogP contribution in [0.4, 0.5) is 5.95 Å². The predicted molar refractivity (Wildman–Crippen MR) is 111 cm³/mol. The van der Waals surface area contributed by atoms with Crippen LogP contribution in [0.1, 0.15) is 46.4 Å². The fraction of sp³-hybridized carbons (Fsp3) is 0.476. The minimum atomic E-state index is -0.600. The van der Waals surface area contributed by atoms with E-state index in [1.807, 2.05) is 0 Å². The number of anilines is 1. The van der Waals surface area contributed by atoms with Crippen LogP contribution in [0, 0.1) is 5.92 Å². The molecule has 154 valence electrons. The molecule has 8 heteroatoms. The zero-order valence-electron chi connectivity index (χ0n) is 16.8. The number of carbonyl (C=O) groups is 1. The number of hydrogen-bond donors (Lipinski definition) is 3. The summed E-state index contributed by atoms with van der Waals surface area (Å²) in [6.07, 6.45) is 14.1. The van der Waals surface area contributed by atoms with Crippen LogP contribution in [0.15, 0.2) is 24.7 Å². The zero-order valence-corrected chi connectivity index (χ0v) is 16.8. The molecule has 3 heterocycles. The summed E-state index contributed by atoms with van der Waals surface area (Å²) in [6.45, 7) is 3.73.